The Morgan fingerprint density at radius 2 is 1.88 bits per heavy atom. The second-order valence-corrected chi connectivity index (χ2v) is 3.65. The van der Waals surface area contributed by atoms with Gasteiger partial charge < -0.3 is 15.5 Å². The Morgan fingerprint density at radius 3 is 2.53 bits per heavy atom. The second-order valence-electron chi connectivity index (χ2n) is 3.65. The predicted molar refractivity (Wildman–Crippen MR) is 61.1 cm³/mol. The van der Waals surface area contributed by atoms with E-state index in [-0.39, 0.29) is 25.4 Å². The fourth-order valence-corrected chi connectivity index (χ4v) is 1.35. The molecule has 5 nitrogen and oxygen atoms in total. The van der Waals surface area contributed by atoms with Crippen LogP contribution in [-0.2, 0) is 22.7 Å². The third-order valence-corrected chi connectivity index (χ3v) is 2.23. The van der Waals surface area contributed by atoms with Crippen molar-refractivity contribution in [1.29, 1.82) is 0 Å². The molecular formula is C12H15NO4. The van der Waals surface area contributed by atoms with Crippen LogP contribution in [0.3, 0.4) is 0 Å². The van der Waals surface area contributed by atoms with Crippen LogP contribution in [0.15, 0.2) is 24.3 Å². The Morgan fingerprint density at radius 1 is 1.18 bits per heavy atom. The van der Waals surface area contributed by atoms with Gasteiger partial charge in [-0.15, -0.1) is 0 Å². The van der Waals surface area contributed by atoms with Gasteiger partial charge in [0.25, 0.3) is 0 Å². The first-order valence-corrected chi connectivity index (χ1v) is 5.29. The number of carboxylic acids is 1. The van der Waals surface area contributed by atoms with Gasteiger partial charge in [-0.25, -0.2) is 0 Å². The van der Waals surface area contributed by atoms with Gasteiger partial charge in [0.15, 0.2) is 0 Å². The van der Waals surface area contributed by atoms with Crippen LogP contribution >= 0.6 is 0 Å². The Labute approximate surface area is 99.1 Å². The maximum atomic E-state index is 11.3. The molecule has 0 radical (unpaired) electrons. The molecule has 0 aliphatic carbocycles. The van der Waals surface area contributed by atoms with E-state index in [2.05, 4.69) is 5.32 Å². The van der Waals surface area contributed by atoms with E-state index in [4.69, 9.17) is 10.2 Å². The van der Waals surface area contributed by atoms with Crippen molar-refractivity contribution in [3.05, 3.63) is 35.4 Å². The van der Waals surface area contributed by atoms with Gasteiger partial charge in [-0.3, -0.25) is 9.59 Å². The SMILES string of the molecule is O=C(O)CCC(=O)NCc1cccc(CO)c1. The van der Waals surface area contributed by atoms with Crippen molar-refractivity contribution in [2.75, 3.05) is 0 Å². The van der Waals surface area contributed by atoms with Crippen LogP contribution in [0.2, 0.25) is 0 Å². The maximum absolute atomic E-state index is 11.3. The zero-order valence-electron chi connectivity index (χ0n) is 9.35. The van der Waals surface area contributed by atoms with Crippen LogP contribution in [0.5, 0.6) is 0 Å². The van der Waals surface area contributed by atoms with Crippen molar-refractivity contribution in [2.45, 2.75) is 26.0 Å². The smallest absolute Gasteiger partial charge is 0.303 e. The van der Waals surface area contributed by atoms with Crippen molar-refractivity contribution in [1.82, 2.24) is 5.32 Å². The van der Waals surface area contributed by atoms with Gasteiger partial charge in [-0.1, -0.05) is 24.3 Å². The molecule has 0 unspecified atom stereocenters. The molecule has 1 aromatic carbocycles. The minimum absolute atomic E-state index is 0.0188. The van der Waals surface area contributed by atoms with Crippen LogP contribution in [0, 0.1) is 0 Å². The number of rotatable bonds is 6. The maximum Gasteiger partial charge on any atom is 0.303 e. The highest BCUT2D eigenvalue weighted by atomic mass is 16.4. The number of carbonyl (C=O) groups excluding carboxylic acids is 1. The lowest BCUT2D eigenvalue weighted by atomic mass is 10.1. The second kappa shape index (κ2) is 6.65. The van der Waals surface area contributed by atoms with Crippen molar-refractivity contribution < 1.29 is 19.8 Å². The van der Waals surface area contributed by atoms with Gasteiger partial charge in [0.05, 0.1) is 13.0 Å². The molecule has 1 amide bonds. The van der Waals surface area contributed by atoms with E-state index in [9.17, 15) is 9.59 Å². The summed E-state index contributed by atoms with van der Waals surface area (Å²) < 4.78 is 0. The first-order valence-electron chi connectivity index (χ1n) is 5.29. The first-order chi connectivity index (χ1) is 8.11. The van der Waals surface area contributed by atoms with Gasteiger partial charge in [0.2, 0.25) is 5.91 Å². The van der Waals surface area contributed by atoms with Crippen molar-refractivity contribution >= 4 is 11.9 Å². The van der Waals surface area contributed by atoms with E-state index >= 15 is 0 Å². The summed E-state index contributed by atoms with van der Waals surface area (Å²) in [5.74, 6) is -1.27. The molecule has 1 aromatic rings. The first kappa shape index (κ1) is 13.2. The minimum atomic E-state index is -0.984. The molecule has 1 rings (SSSR count). The molecule has 0 fully saturated rings. The molecule has 0 aliphatic rings. The summed E-state index contributed by atoms with van der Waals surface area (Å²) in [6.07, 6.45) is -0.183. The van der Waals surface area contributed by atoms with Gasteiger partial charge in [-0.05, 0) is 11.1 Å². The summed E-state index contributed by atoms with van der Waals surface area (Å²) in [6, 6.07) is 7.20. The average Bonchev–Trinajstić information content (AvgIpc) is 2.34. The van der Waals surface area contributed by atoms with E-state index in [1.54, 1.807) is 18.2 Å². The van der Waals surface area contributed by atoms with E-state index < -0.39 is 5.97 Å². The van der Waals surface area contributed by atoms with Crippen LogP contribution in [0.25, 0.3) is 0 Å². The molecule has 0 aliphatic heterocycles. The molecule has 0 heterocycles. The minimum Gasteiger partial charge on any atom is -0.481 e. The topological polar surface area (TPSA) is 86.6 Å². The van der Waals surface area contributed by atoms with Crippen LogP contribution in [0.1, 0.15) is 24.0 Å². The van der Waals surface area contributed by atoms with E-state index in [0.29, 0.717) is 6.54 Å². The number of carbonyl (C=O) groups is 2. The summed E-state index contributed by atoms with van der Waals surface area (Å²) in [4.78, 5) is 21.5. The normalized spacial score (nSPS) is 9.94. The number of carboxylic acid groups (broad SMARTS) is 1. The third-order valence-electron chi connectivity index (χ3n) is 2.23. The molecule has 5 heteroatoms. The molecule has 3 N–H and O–H groups in total. The summed E-state index contributed by atoms with van der Waals surface area (Å²) >= 11 is 0. The highest BCUT2D eigenvalue weighted by Crippen LogP contribution is 2.05. The number of hydrogen-bond acceptors (Lipinski definition) is 3. The fourth-order valence-electron chi connectivity index (χ4n) is 1.35. The molecule has 92 valence electrons. The molecule has 0 saturated carbocycles. The van der Waals surface area contributed by atoms with E-state index in [1.807, 2.05) is 6.07 Å². The third kappa shape index (κ3) is 5.12. The number of aliphatic carboxylic acids is 1. The standard InChI is InChI=1S/C12H15NO4/c14-8-10-3-1-2-9(6-10)7-13-11(15)4-5-12(16)17/h1-3,6,14H,4-5,7-8H2,(H,13,15)(H,16,17). The van der Waals surface area contributed by atoms with Crippen LogP contribution in [-0.4, -0.2) is 22.1 Å². The lowest BCUT2D eigenvalue weighted by Crippen LogP contribution is -2.23. The average molecular weight is 237 g/mol. The number of amides is 1. The zero-order chi connectivity index (χ0) is 12.7. The molecular weight excluding hydrogens is 222 g/mol. The van der Waals surface area contributed by atoms with Gasteiger partial charge in [-0.2, -0.15) is 0 Å². The van der Waals surface area contributed by atoms with E-state index in [0.717, 1.165) is 11.1 Å². The Balaban J connectivity index is 2.39. The molecule has 0 atom stereocenters. The van der Waals surface area contributed by atoms with Gasteiger partial charge >= 0.3 is 5.97 Å². The monoisotopic (exact) mass is 237 g/mol. The molecule has 17 heavy (non-hydrogen) atoms. The number of hydrogen-bond donors (Lipinski definition) is 3. The lowest BCUT2D eigenvalue weighted by Gasteiger charge is -2.05. The lowest BCUT2D eigenvalue weighted by molar-refractivity contribution is -0.138. The van der Waals surface area contributed by atoms with Crippen molar-refractivity contribution in [3.63, 3.8) is 0 Å². The molecule has 0 bridgehead atoms. The summed E-state index contributed by atoms with van der Waals surface area (Å²) in [5.41, 5.74) is 1.66. The number of benzene rings is 1. The van der Waals surface area contributed by atoms with Gasteiger partial charge in [0, 0.05) is 13.0 Å². The zero-order valence-corrected chi connectivity index (χ0v) is 9.35. The number of aliphatic hydroxyl groups excluding tert-OH is 1. The van der Waals surface area contributed by atoms with Crippen molar-refractivity contribution in [2.24, 2.45) is 0 Å². The Kier molecular flexibility index (Phi) is 5.16. The highest BCUT2D eigenvalue weighted by Gasteiger charge is 2.04. The summed E-state index contributed by atoms with van der Waals surface area (Å²) in [6.45, 7) is 0.299. The van der Waals surface area contributed by atoms with Crippen molar-refractivity contribution in [3.8, 4) is 0 Å². The predicted octanol–water partition coefficient (Wildman–Crippen LogP) is 0.660. The summed E-state index contributed by atoms with van der Waals surface area (Å²) in [5, 5.41) is 20.0. The summed E-state index contributed by atoms with van der Waals surface area (Å²) in [7, 11) is 0. The Hall–Kier alpha value is -1.88. The largest absolute Gasteiger partial charge is 0.481 e. The fraction of sp³-hybridized carbons (Fsp3) is 0.333. The Bertz CT molecular complexity index is 403. The van der Waals surface area contributed by atoms with E-state index in [1.165, 1.54) is 0 Å². The molecule has 0 aromatic heterocycles. The van der Waals surface area contributed by atoms with Gasteiger partial charge in [0.1, 0.15) is 0 Å². The number of aliphatic hydroxyl groups is 1. The van der Waals surface area contributed by atoms with Crippen LogP contribution in [0.4, 0.5) is 0 Å². The quantitative estimate of drug-likeness (QED) is 0.678. The van der Waals surface area contributed by atoms with Crippen LogP contribution < -0.4 is 5.32 Å². The number of nitrogens with one attached hydrogen (secondary N) is 1. The molecule has 0 spiro atoms. The highest BCUT2D eigenvalue weighted by molar-refractivity contribution is 5.80. The molecule has 0 saturated heterocycles.